The minimum absolute atomic E-state index is 0.0564. The van der Waals surface area contributed by atoms with Crippen LogP contribution in [-0.4, -0.2) is 29.7 Å². The lowest BCUT2D eigenvalue weighted by molar-refractivity contribution is -0.113. The van der Waals surface area contributed by atoms with Crippen LogP contribution in [0.15, 0.2) is 105 Å². The summed E-state index contributed by atoms with van der Waals surface area (Å²) in [5.41, 5.74) is 3.35. The first-order valence-electron chi connectivity index (χ1n) is 14.4. The SMILES string of the molecule is COc1cc(C2C(C(C)=O)=C(c3ccccc3)N=c3s/c(=C\c4cc(Br)c(OCc5ccccc5Cl)c(OC)c4)c(=O)n32)ccc1O. The van der Waals surface area contributed by atoms with Gasteiger partial charge in [-0.3, -0.25) is 14.2 Å². The van der Waals surface area contributed by atoms with Crippen LogP contribution < -0.4 is 29.1 Å². The van der Waals surface area contributed by atoms with Crippen LogP contribution in [0.2, 0.25) is 5.02 Å². The maximum Gasteiger partial charge on any atom is 0.271 e. The predicted molar refractivity (Wildman–Crippen MR) is 186 cm³/mol. The van der Waals surface area contributed by atoms with E-state index in [1.54, 1.807) is 37.5 Å². The van der Waals surface area contributed by atoms with Crippen molar-refractivity contribution in [1.29, 1.82) is 0 Å². The third-order valence-corrected chi connectivity index (χ3v) is 9.60. The summed E-state index contributed by atoms with van der Waals surface area (Å²) in [4.78, 5) is 32.9. The second-order valence-corrected chi connectivity index (χ2v) is 12.9. The number of ether oxygens (including phenoxy) is 3. The highest BCUT2D eigenvalue weighted by Gasteiger charge is 2.33. The second kappa shape index (κ2) is 13.6. The molecule has 1 aliphatic heterocycles. The number of halogens is 2. The van der Waals surface area contributed by atoms with Gasteiger partial charge in [0.15, 0.2) is 33.6 Å². The molecule has 0 fully saturated rings. The summed E-state index contributed by atoms with van der Waals surface area (Å²) in [6.45, 7) is 1.70. The van der Waals surface area contributed by atoms with Crippen LogP contribution >= 0.6 is 38.9 Å². The number of carbonyl (C=O) groups excluding carboxylic acids is 1. The van der Waals surface area contributed by atoms with E-state index in [-0.39, 0.29) is 29.4 Å². The Kier molecular flexibility index (Phi) is 9.35. The Labute approximate surface area is 287 Å². The number of hydrogen-bond acceptors (Lipinski definition) is 8. The van der Waals surface area contributed by atoms with Crippen LogP contribution in [0, 0.1) is 0 Å². The van der Waals surface area contributed by atoms with E-state index in [0.29, 0.717) is 52.7 Å². The van der Waals surface area contributed by atoms with Crippen LogP contribution in [0.3, 0.4) is 0 Å². The number of Topliss-reactive ketones (excluding diaryl/α,β-unsaturated/α-hetero) is 1. The van der Waals surface area contributed by atoms with E-state index in [1.165, 1.54) is 36.0 Å². The monoisotopic (exact) mass is 730 g/mol. The number of methoxy groups -OCH3 is 2. The summed E-state index contributed by atoms with van der Waals surface area (Å²) in [7, 11) is 2.99. The first-order valence-corrected chi connectivity index (χ1v) is 16.4. The average molecular weight is 732 g/mol. The van der Waals surface area contributed by atoms with E-state index in [0.717, 1.165) is 11.1 Å². The molecule has 8 nitrogen and oxygen atoms in total. The highest BCUT2D eigenvalue weighted by molar-refractivity contribution is 9.10. The predicted octanol–water partition coefficient (Wildman–Crippen LogP) is 6.68. The molecule has 0 aliphatic carbocycles. The van der Waals surface area contributed by atoms with Gasteiger partial charge in [-0.05, 0) is 70.4 Å². The van der Waals surface area contributed by atoms with Gasteiger partial charge in [-0.1, -0.05) is 77.5 Å². The van der Waals surface area contributed by atoms with Crippen LogP contribution in [-0.2, 0) is 11.4 Å². The molecule has 1 N–H and O–H groups in total. The highest BCUT2D eigenvalue weighted by Crippen LogP contribution is 2.39. The van der Waals surface area contributed by atoms with Gasteiger partial charge in [0, 0.05) is 21.7 Å². The first-order chi connectivity index (χ1) is 22.7. The Hall–Kier alpha value is -4.64. The van der Waals surface area contributed by atoms with Crippen LogP contribution in [0.1, 0.15) is 35.2 Å². The lowest BCUT2D eigenvalue weighted by atomic mass is 9.90. The standard InChI is InChI=1S/C36H28BrClN2O6S/c1-20(41)31-32(22-9-5-4-6-10-22)39-36-40(33(31)23-13-14-27(42)28(18-23)44-2)35(43)30(47-36)17-21-15-25(37)34(29(16-21)45-3)46-19-24-11-7-8-12-26(24)38/h4-18,33,42H,19H2,1-3H3/b30-17-. The van der Waals surface area contributed by atoms with Gasteiger partial charge in [-0.15, -0.1) is 0 Å². The lowest BCUT2D eigenvalue weighted by Crippen LogP contribution is -2.39. The molecule has 1 aromatic heterocycles. The van der Waals surface area contributed by atoms with Gasteiger partial charge < -0.3 is 19.3 Å². The summed E-state index contributed by atoms with van der Waals surface area (Å²) in [6.07, 6.45) is 1.75. The molecule has 1 aliphatic rings. The summed E-state index contributed by atoms with van der Waals surface area (Å²) < 4.78 is 19.7. The summed E-state index contributed by atoms with van der Waals surface area (Å²) in [5, 5.41) is 10.9. The molecule has 5 aromatic rings. The Balaban J connectivity index is 1.50. The fourth-order valence-corrected chi connectivity index (χ4v) is 7.21. The topological polar surface area (TPSA) is 99.4 Å². The van der Waals surface area contributed by atoms with Gasteiger partial charge in [-0.2, -0.15) is 0 Å². The molecule has 47 heavy (non-hydrogen) atoms. The molecule has 0 saturated heterocycles. The van der Waals surface area contributed by atoms with Gasteiger partial charge >= 0.3 is 0 Å². The Morgan fingerprint density at radius 3 is 2.45 bits per heavy atom. The van der Waals surface area contributed by atoms with Crippen molar-refractivity contribution in [2.24, 2.45) is 4.99 Å². The fourth-order valence-electron chi connectivity index (χ4n) is 5.44. The largest absolute Gasteiger partial charge is 0.504 e. The molecule has 4 aromatic carbocycles. The second-order valence-electron chi connectivity index (χ2n) is 10.6. The third kappa shape index (κ3) is 6.36. The molecule has 1 atom stereocenters. The number of aromatic hydroxyl groups is 1. The van der Waals surface area contributed by atoms with Crippen molar-refractivity contribution in [2.45, 2.75) is 19.6 Å². The quantitative estimate of drug-likeness (QED) is 0.182. The average Bonchev–Trinajstić information content (AvgIpc) is 3.38. The van der Waals surface area contributed by atoms with Crippen molar-refractivity contribution in [2.75, 3.05) is 14.2 Å². The molecule has 1 unspecified atom stereocenters. The maximum atomic E-state index is 14.2. The van der Waals surface area contributed by atoms with Crippen molar-refractivity contribution in [1.82, 2.24) is 4.57 Å². The first kappa shape index (κ1) is 32.3. The molecule has 0 amide bonds. The molecule has 0 radical (unpaired) electrons. The van der Waals surface area contributed by atoms with Crippen LogP contribution in [0.25, 0.3) is 11.8 Å². The molecule has 238 valence electrons. The number of hydrogen-bond donors (Lipinski definition) is 1. The fraction of sp³-hybridized carbons (Fsp3) is 0.139. The number of nitrogens with zero attached hydrogens (tertiary/aromatic N) is 2. The number of rotatable bonds is 9. The van der Waals surface area contributed by atoms with Gasteiger partial charge in [0.25, 0.3) is 5.56 Å². The van der Waals surface area contributed by atoms with Gasteiger partial charge in [-0.25, -0.2) is 4.99 Å². The zero-order chi connectivity index (χ0) is 33.2. The van der Waals surface area contributed by atoms with Gasteiger partial charge in [0.2, 0.25) is 0 Å². The highest BCUT2D eigenvalue weighted by atomic mass is 79.9. The molecule has 0 spiro atoms. The number of phenolic OH excluding ortho intramolecular Hbond substituents is 1. The normalized spacial score (nSPS) is 14.4. The zero-order valence-electron chi connectivity index (χ0n) is 25.5. The number of phenols is 1. The van der Waals surface area contributed by atoms with E-state index in [4.69, 9.17) is 30.8 Å². The number of thiazole rings is 1. The molecular formula is C36H28BrClN2O6S. The summed E-state index contributed by atoms with van der Waals surface area (Å²) in [6, 6.07) is 24.4. The minimum Gasteiger partial charge on any atom is -0.504 e. The Bertz CT molecular complexity index is 2230. The molecule has 6 rings (SSSR count). The smallest absolute Gasteiger partial charge is 0.271 e. The summed E-state index contributed by atoms with van der Waals surface area (Å²) >= 11 is 11.1. The molecule has 2 heterocycles. The van der Waals surface area contributed by atoms with Gasteiger partial charge in [0.05, 0.1) is 35.0 Å². The molecule has 0 bridgehead atoms. The number of carbonyl (C=O) groups is 1. The van der Waals surface area contributed by atoms with E-state index in [2.05, 4.69) is 15.9 Å². The molecule has 11 heteroatoms. The minimum atomic E-state index is -0.822. The van der Waals surface area contributed by atoms with Crippen molar-refractivity contribution in [3.8, 4) is 23.0 Å². The van der Waals surface area contributed by atoms with E-state index < -0.39 is 6.04 Å². The summed E-state index contributed by atoms with van der Waals surface area (Å²) in [5.74, 6) is 0.884. The maximum absolute atomic E-state index is 14.2. The number of allylic oxidation sites excluding steroid dienone is 1. The van der Waals surface area contributed by atoms with E-state index >= 15 is 0 Å². The number of ketones is 1. The Morgan fingerprint density at radius 1 is 1.02 bits per heavy atom. The zero-order valence-corrected chi connectivity index (χ0v) is 28.7. The lowest BCUT2D eigenvalue weighted by Gasteiger charge is -2.26. The van der Waals surface area contributed by atoms with Gasteiger partial charge in [0.1, 0.15) is 6.61 Å². The number of fused-ring (bicyclic) bond motifs is 1. The molecular weight excluding hydrogens is 704 g/mol. The Morgan fingerprint density at radius 2 is 1.74 bits per heavy atom. The van der Waals surface area contributed by atoms with Crippen LogP contribution in [0.4, 0.5) is 0 Å². The van der Waals surface area contributed by atoms with Crippen molar-refractivity contribution in [3.63, 3.8) is 0 Å². The van der Waals surface area contributed by atoms with Crippen molar-refractivity contribution >= 4 is 56.4 Å². The van der Waals surface area contributed by atoms with Crippen molar-refractivity contribution in [3.05, 3.63) is 142 Å². The number of benzene rings is 4. The molecule has 0 saturated carbocycles. The van der Waals surface area contributed by atoms with Crippen LogP contribution in [0.5, 0.6) is 23.0 Å². The third-order valence-electron chi connectivity index (χ3n) is 7.66. The van der Waals surface area contributed by atoms with Crippen molar-refractivity contribution < 1.29 is 24.1 Å². The number of aromatic nitrogens is 1. The van der Waals surface area contributed by atoms with E-state index in [9.17, 15) is 14.7 Å². The van der Waals surface area contributed by atoms with E-state index in [1.807, 2.05) is 54.6 Å².